The van der Waals surface area contributed by atoms with Crippen LogP contribution in [0.25, 0.3) is 0 Å². The minimum atomic E-state index is 0.879. The van der Waals surface area contributed by atoms with Crippen LogP contribution in [0.3, 0.4) is 0 Å². The first-order valence-corrected chi connectivity index (χ1v) is 5.92. The summed E-state index contributed by atoms with van der Waals surface area (Å²) in [6.45, 7) is 6.99. The highest BCUT2D eigenvalue weighted by molar-refractivity contribution is 5.06. The molecule has 1 aliphatic carbocycles. The first kappa shape index (κ1) is 10.8. The maximum atomic E-state index is 2.52. The largest absolute Gasteiger partial charge is 0.0850 e. The normalized spacial score (nSPS) is 23.4. The molecule has 0 aromatic rings. The van der Waals surface area contributed by atoms with Gasteiger partial charge < -0.3 is 0 Å². The average Bonchev–Trinajstić information content (AvgIpc) is 2.15. The molecule has 0 heteroatoms. The van der Waals surface area contributed by atoms with Gasteiger partial charge in [0.1, 0.15) is 0 Å². The molecule has 0 aromatic carbocycles. The summed E-state index contributed by atoms with van der Waals surface area (Å²) in [5, 5.41) is 0. The predicted octanol–water partition coefficient (Wildman–Crippen LogP) is 4.56. The van der Waals surface area contributed by atoms with E-state index in [1.165, 1.54) is 38.5 Å². The molecular weight excluding hydrogens is 156 g/mol. The molecule has 13 heavy (non-hydrogen) atoms. The minimum Gasteiger partial charge on any atom is -0.0850 e. The zero-order chi connectivity index (χ0) is 9.68. The van der Waals surface area contributed by atoms with Crippen LogP contribution < -0.4 is 0 Å². The Labute approximate surface area is 83.4 Å². The summed E-state index contributed by atoms with van der Waals surface area (Å²) in [6, 6.07) is 0. The Morgan fingerprint density at radius 2 is 2.23 bits per heavy atom. The lowest BCUT2D eigenvalue weighted by Gasteiger charge is -2.24. The van der Waals surface area contributed by atoms with Gasteiger partial charge in [-0.2, -0.15) is 0 Å². The lowest BCUT2D eigenvalue weighted by atomic mass is 9.81. The molecule has 0 N–H and O–H groups in total. The molecule has 1 unspecified atom stereocenters. The third-order valence-electron chi connectivity index (χ3n) is 3.34. The average molecular weight is 180 g/mol. The Morgan fingerprint density at radius 1 is 1.46 bits per heavy atom. The van der Waals surface area contributed by atoms with Gasteiger partial charge in [0.2, 0.25) is 0 Å². The van der Waals surface area contributed by atoms with E-state index in [2.05, 4.69) is 26.8 Å². The number of allylic oxidation sites excluding steroid dienone is 2. The van der Waals surface area contributed by atoms with Crippen molar-refractivity contribution in [2.45, 2.75) is 59.3 Å². The van der Waals surface area contributed by atoms with Gasteiger partial charge >= 0.3 is 0 Å². The Morgan fingerprint density at radius 3 is 2.69 bits per heavy atom. The maximum absolute atomic E-state index is 2.52. The van der Waals surface area contributed by atoms with E-state index in [1.54, 1.807) is 5.57 Å². The molecule has 0 nitrogen and oxygen atoms in total. The molecule has 1 rings (SSSR count). The first-order valence-electron chi connectivity index (χ1n) is 5.92. The third-order valence-corrected chi connectivity index (χ3v) is 3.34. The maximum Gasteiger partial charge on any atom is -0.0317 e. The Kier molecular flexibility index (Phi) is 4.55. The Hall–Kier alpha value is -0.260. The van der Waals surface area contributed by atoms with Crippen LogP contribution in [0.5, 0.6) is 0 Å². The van der Waals surface area contributed by atoms with E-state index in [9.17, 15) is 0 Å². The molecule has 0 aromatic heterocycles. The summed E-state index contributed by atoms with van der Waals surface area (Å²) >= 11 is 0. The molecule has 0 spiro atoms. The molecule has 0 aliphatic heterocycles. The van der Waals surface area contributed by atoms with E-state index in [-0.39, 0.29) is 0 Å². The van der Waals surface area contributed by atoms with Gasteiger partial charge in [-0.1, -0.05) is 38.8 Å². The smallest absolute Gasteiger partial charge is 0.0317 e. The van der Waals surface area contributed by atoms with Gasteiger partial charge in [-0.05, 0) is 43.9 Å². The van der Waals surface area contributed by atoms with Crippen LogP contribution >= 0.6 is 0 Å². The van der Waals surface area contributed by atoms with Gasteiger partial charge in [0.25, 0.3) is 0 Å². The van der Waals surface area contributed by atoms with Crippen molar-refractivity contribution in [1.29, 1.82) is 0 Å². The molecule has 1 atom stereocenters. The second-order valence-corrected chi connectivity index (χ2v) is 4.74. The molecule has 0 bridgehead atoms. The molecule has 0 heterocycles. The highest BCUT2D eigenvalue weighted by Crippen LogP contribution is 2.30. The zero-order valence-corrected chi connectivity index (χ0v) is 9.47. The molecular formula is C13H24. The molecule has 1 aliphatic rings. The number of hydrogen-bond acceptors (Lipinski definition) is 0. The molecule has 76 valence electrons. The second kappa shape index (κ2) is 5.47. The zero-order valence-electron chi connectivity index (χ0n) is 9.47. The topological polar surface area (TPSA) is 0 Å². The van der Waals surface area contributed by atoms with Gasteiger partial charge in [-0.3, -0.25) is 0 Å². The summed E-state index contributed by atoms with van der Waals surface area (Å²) < 4.78 is 0. The number of hydrogen-bond donors (Lipinski definition) is 0. The van der Waals surface area contributed by atoms with E-state index < -0.39 is 0 Å². The van der Waals surface area contributed by atoms with Crippen LogP contribution in [0.15, 0.2) is 11.6 Å². The molecule has 0 fully saturated rings. The van der Waals surface area contributed by atoms with Crippen molar-refractivity contribution in [2.75, 3.05) is 0 Å². The Bertz CT molecular complexity index is 165. The van der Waals surface area contributed by atoms with Gasteiger partial charge in [-0.15, -0.1) is 0 Å². The van der Waals surface area contributed by atoms with Crippen LogP contribution in [0.4, 0.5) is 0 Å². The highest BCUT2D eigenvalue weighted by atomic mass is 14.2. The minimum absolute atomic E-state index is 0.879. The van der Waals surface area contributed by atoms with Crippen molar-refractivity contribution in [2.24, 2.45) is 11.8 Å². The van der Waals surface area contributed by atoms with Crippen LogP contribution in [0.1, 0.15) is 59.3 Å². The molecule has 0 radical (unpaired) electrons. The third kappa shape index (κ3) is 3.54. The van der Waals surface area contributed by atoms with Gasteiger partial charge in [0, 0.05) is 0 Å². The lowest BCUT2D eigenvalue weighted by molar-refractivity contribution is 0.348. The summed E-state index contributed by atoms with van der Waals surface area (Å²) in [5.74, 6) is 1.84. The summed E-state index contributed by atoms with van der Waals surface area (Å²) in [5.41, 5.74) is 1.73. The summed E-state index contributed by atoms with van der Waals surface area (Å²) in [6.07, 6.45) is 10.8. The standard InChI is InChI=1S/C13H24/c1-4-5-6-12-7-9-13(10-8-12)11(2)3/h7,11,13H,4-6,8-10H2,1-3H3. The second-order valence-electron chi connectivity index (χ2n) is 4.74. The van der Waals surface area contributed by atoms with E-state index in [1.807, 2.05) is 0 Å². The summed E-state index contributed by atoms with van der Waals surface area (Å²) in [4.78, 5) is 0. The monoisotopic (exact) mass is 180 g/mol. The van der Waals surface area contributed by atoms with Crippen molar-refractivity contribution in [3.8, 4) is 0 Å². The van der Waals surface area contributed by atoms with E-state index >= 15 is 0 Å². The molecule has 0 amide bonds. The summed E-state index contributed by atoms with van der Waals surface area (Å²) in [7, 11) is 0. The fraction of sp³-hybridized carbons (Fsp3) is 0.846. The number of rotatable bonds is 4. The van der Waals surface area contributed by atoms with Crippen molar-refractivity contribution in [3.05, 3.63) is 11.6 Å². The van der Waals surface area contributed by atoms with Gasteiger partial charge in [-0.25, -0.2) is 0 Å². The van der Waals surface area contributed by atoms with E-state index in [0.717, 1.165) is 11.8 Å². The first-order chi connectivity index (χ1) is 6.24. The van der Waals surface area contributed by atoms with E-state index in [4.69, 9.17) is 0 Å². The fourth-order valence-electron chi connectivity index (χ4n) is 2.15. The van der Waals surface area contributed by atoms with Crippen LogP contribution in [-0.2, 0) is 0 Å². The lowest BCUT2D eigenvalue weighted by Crippen LogP contribution is -2.11. The SMILES string of the molecule is CCCCC1=CCC(C(C)C)CC1. The van der Waals surface area contributed by atoms with Crippen LogP contribution in [0.2, 0.25) is 0 Å². The predicted molar refractivity (Wildman–Crippen MR) is 59.8 cm³/mol. The van der Waals surface area contributed by atoms with E-state index in [0.29, 0.717) is 0 Å². The quantitative estimate of drug-likeness (QED) is 0.556. The van der Waals surface area contributed by atoms with Crippen molar-refractivity contribution < 1.29 is 0 Å². The number of unbranched alkanes of at least 4 members (excludes halogenated alkanes) is 1. The fourth-order valence-corrected chi connectivity index (χ4v) is 2.15. The van der Waals surface area contributed by atoms with Gasteiger partial charge in [0.05, 0.1) is 0 Å². The molecule has 0 saturated carbocycles. The van der Waals surface area contributed by atoms with Crippen LogP contribution in [0, 0.1) is 11.8 Å². The Balaban J connectivity index is 2.30. The van der Waals surface area contributed by atoms with Crippen molar-refractivity contribution >= 4 is 0 Å². The van der Waals surface area contributed by atoms with Crippen molar-refractivity contribution in [1.82, 2.24) is 0 Å². The molecule has 0 saturated heterocycles. The van der Waals surface area contributed by atoms with Crippen LogP contribution in [-0.4, -0.2) is 0 Å². The highest BCUT2D eigenvalue weighted by Gasteiger charge is 2.16. The van der Waals surface area contributed by atoms with Crippen molar-refractivity contribution in [3.63, 3.8) is 0 Å². The van der Waals surface area contributed by atoms with Gasteiger partial charge in [0.15, 0.2) is 0 Å².